The van der Waals surface area contributed by atoms with Crippen LogP contribution in [0.1, 0.15) is 6.92 Å². The van der Waals surface area contributed by atoms with E-state index in [0.717, 1.165) is 3.58 Å². The number of nitriles is 1. The second-order valence-corrected chi connectivity index (χ2v) is 2.56. The van der Waals surface area contributed by atoms with Crippen molar-refractivity contribution in [2.45, 2.75) is 6.92 Å². The number of hydrogen-bond donors (Lipinski definition) is 0. The first-order chi connectivity index (χ1) is 2.77. The van der Waals surface area contributed by atoms with Gasteiger partial charge in [0.15, 0.2) is 0 Å². The molecule has 0 aromatic heterocycles. The van der Waals surface area contributed by atoms with Crippen LogP contribution in [-0.4, -0.2) is 0 Å². The molecule has 0 aliphatic heterocycles. The fraction of sp³-hybridized carbons (Fsp3) is 0.250. The van der Waals surface area contributed by atoms with Gasteiger partial charge in [-0.3, -0.25) is 0 Å². The van der Waals surface area contributed by atoms with Crippen LogP contribution in [0.25, 0.3) is 0 Å². The van der Waals surface area contributed by atoms with Crippen LogP contribution in [0.15, 0.2) is 9.66 Å². The van der Waals surface area contributed by atoms with Gasteiger partial charge >= 0.3 is 0 Å². The van der Waals surface area contributed by atoms with Crippen molar-refractivity contribution >= 4 is 22.6 Å². The van der Waals surface area contributed by atoms with Crippen molar-refractivity contribution in [3.05, 3.63) is 9.66 Å². The van der Waals surface area contributed by atoms with Crippen LogP contribution < -0.4 is 0 Å². The summed E-state index contributed by atoms with van der Waals surface area (Å²) in [6.45, 7) is 1.88. The molecule has 0 aromatic carbocycles. The summed E-state index contributed by atoms with van der Waals surface area (Å²) >= 11 is 2.08. The molecule has 0 rings (SSSR count). The third-order valence-electron chi connectivity index (χ3n) is 0.263. The lowest BCUT2D eigenvalue weighted by Gasteiger charge is -1.69. The summed E-state index contributed by atoms with van der Waals surface area (Å²) in [4.78, 5) is 0. The Hall–Kier alpha value is -0.0400. The summed E-state index contributed by atoms with van der Waals surface area (Å²) in [5, 5.41) is 7.91. The molecule has 0 radical (unpaired) electrons. The molecule has 6 heavy (non-hydrogen) atoms. The molecule has 32 valence electrons. The van der Waals surface area contributed by atoms with Crippen molar-refractivity contribution < 1.29 is 0 Å². The van der Waals surface area contributed by atoms with E-state index in [1.165, 1.54) is 6.08 Å². The average molecular weight is 193 g/mol. The maximum absolute atomic E-state index is 7.91. The predicted octanol–water partition coefficient (Wildman–Crippen LogP) is 1.85. The summed E-state index contributed by atoms with van der Waals surface area (Å²) < 4.78 is 1.02. The molecule has 0 aliphatic carbocycles. The second kappa shape index (κ2) is 3.16. The Morgan fingerprint density at radius 2 is 2.50 bits per heavy atom. The molecule has 0 amide bonds. The molecule has 0 unspecified atom stereocenters. The van der Waals surface area contributed by atoms with Crippen molar-refractivity contribution in [3.8, 4) is 6.07 Å². The molecule has 0 N–H and O–H groups in total. The monoisotopic (exact) mass is 193 g/mol. The summed E-state index contributed by atoms with van der Waals surface area (Å²) in [7, 11) is 0. The van der Waals surface area contributed by atoms with Crippen LogP contribution in [0, 0.1) is 11.3 Å². The standard InChI is InChI=1S/C4H4IN/c1-4(5)2-3-6/h2H,1H3/b4-2-. The molecule has 0 saturated carbocycles. The number of halogens is 1. The highest BCUT2D eigenvalue weighted by Crippen LogP contribution is 1.99. The van der Waals surface area contributed by atoms with Gasteiger partial charge in [0.05, 0.1) is 6.07 Å². The highest BCUT2D eigenvalue weighted by molar-refractivity contribution is 14.1. The Bertz CT molecular complexity index is 94.6. The fourth-order valence-electron chi connectivity index (χ4n) is 0.0889. The van der Waals surface area contributed by atoms with E-state index in [1.807, 2.05) is 13.0 Å². The molecule has 0 spiro atoms. The van der Waals surface area contributed by atoms with Crippen molar-refractivity contribution in [1.82, 2.24) is 0 Å². The lowest BCUT2D eigenvalue weighted by molar-refractivity contribution is 1.52. The van der Waals surface area contributed by atoms with Crippen molar-refractivity contribution in [2.75, 3.05) is 0 Å². The van der Waals surface area contributed by atoms with Crippen molar-refractivity contribution in [1.29, 1.82) is 5.26 Å². The van der Waals surface area contributed by atoms with E-state index in [4.69, 9.17) is 5.26 Å². The number of nitrogens with zero attached hydrogens (tertiary/aromatic N) is 1. The Morgan fingerprint density at radius 3 is 2.50 bits per heavy atom. The zero-order chi connectivity index (χ0) is 4.99. The fourth-order valence-corrected chi connectivity index (χ4v) is 0.228. The number of hydrogen-bond acceptors (Lipinski definition) is 1. The van der Waals surface area contributed by atoms with Crippen LogP contribution in [-0.2, 0) is 0 Å². The van der Waals surface area contributed by atoms with Crippen LogP contribution in [0.4, 0.5) is 0 Å². The average Bonchev–Trinajstić information content (AvgIpc) is 1.35. The predicted molar refractivity (Wildman–Crippen MR) is 33.4 cm³/mol. The van der Waals surface area contributed by atoms with Gasteiger partial charge in [0.2, 0.25) is 0 Å². The van der Waals surface area contributed by atoms with Crippen LogP contribution in [0.5, 0.6) is 0 Å². The van der Waals surface area contributed by atoms with E-state index < -0.39 is 0 Å². The van der Waals surface area contributed by atoms with Gasteiger partial charge in [-0.1, -0.05) is 0 Å². The van der Waals surface area contributed by atoms with Crippen molar-refractivity contribution in [2.24, 2.45) is 0 Å². The minimum Gasteiger partial charge on any atom is -0.193 e. The Balaban J connectivity index is 3.51. The smallest absolute Gasteiger partial charge is 0.0919 e. The second-order valence-electron chi connectivity index (χ2n) is 0.860. The first kappa shape index (κ1) is 5.96. The summed E-state index contributed by atoms with van der Waals surface area (Å²) in [5.41, 5.74) is 0. The minimum atomic E-state index is 1.02. The van der Waals surface area contributed by atoms with Gasteiger partial charge in [0.1, 0.15) is 0 Å². The Kier molecular flexibility index (Phi) is 3.14. The normalized spacial score (nSPS) is 10.5. The highest BCUT2D eigenvalue weighted by Gasteiger charge is 1.69. The molecule has 1 nitrogen and oxygen atoms in total. The zero-order valence-electron chi connectivity index (χ0n) is 3.40. The maximum atomic E-state index is 7.91. The van der Waals surface area contributed by atoms with Gasteiger partial charge in [0.25, 0.3) is 0 Å². The molecular formula is C4H4IN. The summed E-state index contributed by atoms with van der Waals surface area (Å²) in [6.07, 6.45) is 1.50. The lowest BCUT2D eigenvalue weighted by Crippen LogP contribution is -1.48. The number of rotatable bonds is 0. The van der Waals surface area contributed by atoms with Gasteiger partial charge in [-0.2, -0.15) is 5.26 Å². The molecule has 0 fully saturated rings. The minimum absolute atomic E-state index is 1.02. The Labute approximate surface area is 50.8 Å². The van der Waals surface area contributed by atoms with Gasteiger partial charge in [0, 0.05) is 6.08 Å². The molecule has 2 heteroatoms. The van der Waals surface area contributed by atoms with E-state index in [0.29, 0.717) is 0 Å². The third kappa shape index (κ3) is 3.96. The van der Waals surface area contributed by atoms with Crippen LogP contribution >= 0.6 is 22.6 Å². The van der Waals surface area contributed by atoms with E-state index in [1.54, 1.807) is 0 Å². The quantitative estimate of drug-likeness (QED) is 0.425. The van der Waals surface area contributed by atoms with Gasteiger partial charge < -0.3 is 0 Å². The van der Waals surface area contributed by atoms with Gasteiger partial charge in [-0.15, -0.1) is 0 Å². The topological polar surface area (TPSA) is 23.8 Å². The number of allylic oxidation sites excluding steroid dienone is 2. The lowest BCUT2D eigenvalue weighted by atomic mass is 10.6. The van der Waals surface area contributed by atoms with Crippen LogP contribution in [0.3, 0.4) is 0 Å². The van der Waals surface area contributed by atoms with Gasteiger partial charge in [-0.25, -0.2) is 0 Å². The molecule has 0 atom stereocenters. The van der Waals surface area contributed by atoms with Crippen LogP contribution in [0.2, 0.25) is 0 Å². The third-order valence-corrected chi connectivity index (χ3v) is 0.575. The molecule has 0 aliphatic rings. The largest absolute Gasteiger partial charge is 0.193 e. The first-order valence-electron chi connectivity index (χ1n) is 1.49. The summed E-state index contributed by atoms with van der Waals surface area (Å²) in [6, 6.07) is 1.90. The highest BCUT2D eigenvalue weighted by atomic mass is 127. The molecule has 0 saturated heterocycles. The Morgan fingerprint density at radius 1 is 2.00 bits per heavy atom. The molecule has 0 bridgehead atoms. The molecular weight excluding hydrogens is 189 g/mol. The van der Waals surface area contributed by atoms with Crippen molar-refractivity contribution in [3.63, 3.8) is 0 Å². The maximum Gasteiger partial charge on any atom is 0.0919 e. The van der Waals surface area contributed by atoms with E-state index >= 15 is 0 Å². The van der Waals surface area contributed by atoms with Gasteiger partial charge in [-0.05, 0) is 33.1 Å². The van der Waals surface area contributed by atoms with E-state index in [9.17, 15) is 0 Å². The zero-order valence-corrected chi connectivity index (χ0v) is 5.56. The van der Waals surface area contributed by atoms with E-state index in [-0.39, 0.29) is 0 Å². The SMILES string of the molecule is C/C(I)=C/C#N. The first-order valence-corrected chi connectivity index (χ1v) is 2.57. The summed E-state index contributed by atoms with van der Waals surface area (Å²) in [5.74, 6) is 0. The molecule has 0 heterocycles. The van der Waals surface area contributed by atoms with E-state index in [2.05, 4.69) is 22.6 Å². The molecule has 0 aromatic rings.